The molecule has 1 aromatic heterocycles. The highest BCUT2D eigenvalue weighted by Crippen LogP contribution is 2.34. The van der Waals surface area contributed by atoms with Gasteiger partial charge in [0, 0.05) is 50.0 Å². The molecule has 2 unspecified atom stereocenters. The Morgan fingerprint density at radius 3 is 2.66 bits per heavy atom. The Hall–Kier alpha value is -2.35. The van der Waals surface area contributed by atoms with E-state index in [0.29, 0.717) is 12.3 Å². The number of anilines is 1. The van der Waals surface area contributed by atoms with Crippen LogP contribution in [-0.2, 0) is 11.2 Å². The molecule has 2 aromatic rings. The molecule has 4 rings (SSSR count). The van der Waals surface area contributed by atoms with Crippen LogP contribution >= 0.6 is 0 Å². The van der Waals surface area contributed by atoms with Crippen molar-refractivity contribution in [1.29, 1.82) is 0 Å². The largest absolute Gasteiger partial charge is 0.497 e. The fourth-order valence-electron chi connectivity index (χ4n) is 4.89. The summed E-state index contributed by atoms with van der Waals surface area (Å²) in [5.74, 6) is 2.50. The highest BCUT2D eigenvalue weighted by atomic mass is 16.5. The molecule has 0 aliphatic carbocycles. The lowest BCUT2D eigenvalue weighted by atomic mass is 10.0. The number of furan rings is 1. The summed E-state index contributed by atoms with van der Waals surface area (Å²) in [5.41, 5.74) is 9.07. The van der Waals surface area contributed by atoms with E-state index in [1.807, 2.05) is 25.1 Å². The first-order valence-corrected chi connectivity index (χ1v) is 11.8. The smallest absolute Gasteiger partial charge is 0.158 e. The van der Waals surface area contributed by atoms with Crippen LogP contribution in [0.5, 0.6) is 5.75 Å². The Morgan fingerprint density at radius 1 is 1.19 bits per heavy atom. The minimum Gasteiger partial charge on any atom is -0.497 e. The highest BCUT2D eigenvalue weighted by molar-refractivity contribution is 5.86. The molecule has 3 heterocycles. The lowest BCUT2D eigenvalue weighted by Gasteiger charge is -2.40. The molecule has 2 aliphatic rings. The van der Waals surface area contributed by atoms with E-state index in [1.54, 1.807) is 7.11 Å². The zero-order valence-corrected chi connectivity index (χ0v) is 19.3. The third kappa shape index (κ3) is 5.17. The van der Waals surface area contributed by atoms with Crippen LogP contribution in [0.4, 0.5) is 5.69 Å². The normalized spacial score (nSPS) is 21.2. The predicted octanol–water partition coefficient (Wildman–Crippen LogP) is 3.02. The number of ketones is 1. The van der Waals surface area contributed by atoms with Crippen LogP contribution in [0.2, 0.25) is 0 Å². The van der Waals surface area contributed by atoms with Gasteiger partial charge in [-0.1, -0.05) is 18.9 Å². The Bertz CT molecular complexity index is 904. The summed E-state index contributed by atoms with van der Waals surface area (Å²) in [4.78, 5) is 17.8. The van der Waals surface area contributed by atoms with Crippen molar-refractivity contribution >= 4 is 11.5 Å². The SMILES string of the molecule is COc1ccc(C(N)N2CCNCC2C(=O)Cc2ccc(C)o2)c(N2CCCCCC2)c1. The number of carbonyl (C=O) groups is 1. The number of hydrogen-bond acceptors (Lipinski definition) is 7. The van der Waals surface area contributed by atoms with E-state index in [4.69, 9.17) is 14.9 Å². The van der Waals surface area contributed by atoms with E-state index in [-0.39, 0.29) is 24.4 Å². The van der Waals surface area contributed by atoms with Crippen LogP contribution in [-0.4, -0.2) is 56.6 Å². The van der Waals surface area contributed by atoms with E-state index >= 15 is 0 Å². The van der Waals surface area contributed by atoms with Gasteiger partial charge in [0.1, 0.15) is 17.3 Å². The standard InChI is InChI=1S/C25H36N4O3/c1-18-7-8-20(32-18)16-24(30)23-17-27-11-14-29(23)25(26)21-10-9-19(31-2)15-22(21)28-12-5-3-4-6-13-28/h7-10,15,23,25,27H,3-6,11-14,16-17,26H2,1-2H3. The first kappa shape index (κ1) is 22.8. The van der Waals surface area contributed by atoms with E-state index in [1.165, 1.54) is 25.7 Å². The molecule has 0 saturated carbocycles. The van der Waals surface area contributed by atoms with Gasteiger partial charge in [-0.3, -0.25) is 9.69 Å². The van der Waals surface area contributed by atoms with Gasteiger partial charge in [0.15, 0.2) is 5.78 Å². The topological polar surface area (TPSA) is 84.0 Å². The number of nitrogens with zero attached hydrogens (tertiary/aromatic N) is 2. The Kier molecular flexibility index (Phi) is 7.50. The van der Waals surface area contributed by atoms with Gasteiger partial charge in [-0.15, -0.1) is 0 Å². The maximum Gasteiger partial charge on any atom is 0.158 e. The number of piperazine rings is 1. The molecule has 7 heteroatoms. The van der Waals surface area contributed by atoms with Crippen molar-refractivity contribution in [1.82, 2.24) is 10.2 Å². The lowest BCUT2D eigenvalue weighted by Crippen LogP contribution is -2.58. The maximum atomic E-state index is 13.2. The second-order valence-electron chi connectivity index (χ2n) is 8.88. The summed E-state index contributed by atoms with van der Waals surface area (Å²) < 4.78 is 11.2. The molecule has 32 heavy (non-hydrogen) atoms. The molecular weight excluding hydrogens is 404 g/mol. The minimum absolute atomic E-state index is 0.131. The van der Waals surface area contributed by atoms with Crippen molar-refractivity contribution < 1.29 is 13.9 Å². The predicted molar refractivity (Wildman–Crippen MR) is 126 cm³/mol. The molecule has 1 aromatic carbocycles. The Morgan fingerprint density at radius 2 is 1.97 bits per heavy atom. The molecule has 3 N–H and O–H groups in total. The zero-order valence-electron chi connectivity index (χ0n) is 19.3. The third-order valence-corrected chi connectivity index (χ3v) is 6.66. The van der Waals surface area contributed by atoms with Crippen LogP contribution in [0, 0.1) is 6.92 Å². The number of Topliss-reactive ketones (excluding diaryl/α,β-unsaturated/α-hetero) is 1. The average molecular weight is 441 g/mol. The number of carbonyl (C=O) groups excluding carboxylic acids is 1. The molecule has 0 bridgehead atoms. The van der Waals surface area contributed by atoms with Gasteiger partial charge in [0.05, 0.1) is 25.7 Å². The van der Waals surface area contributed by atoms with Crippen LogP contribution in [0.15, 0.2) is 34.7 Å². The number of benzene rings is 1. The van der Waals surface area contributed by atoms with Crippen molar-refractivity contribution in [2.75, 3.05) is 44.7 Å². The second kappa shape index (κ2) is 10.5. The summed E-state index contributed by atoms with van der Waals surface area (Å²) in [6.45, 7) is 6.07. The number of hydrogen-bond donors (Lipinski definition) is 2. The number of nitrogens with one attached hydrogen (secondary N) is 1. The molecule has 2 aliphatic heterocycles. The van der Waals surface area contributed by atoms with Crippen molar-refractivity contribution in [2.45, 2.75) is 51.2 Å². The van der Waals surface area contributed by atoms with Crippen molar-refractivity contribution in [3.05, 3.63) is 47.4 Å². The molecule has 2 fully saturated rings. The van der Waals surface area contributed by atoms with E-state index in [0.717, 1.165) is 48.9 Å². The van der Waals surface area contributed by atoms with E-state index in [9.17, 15) is 4.79 Å². The number of nitrogens with two attached hydrogens (primary N) is 1. The summed E-state index contributed by atoms with van der Waals surface area (Å²) >= 11 is 0. The van der Waals surface area contributed by atoms with Gasteiger partial charge in [-0.25, -0.2) is 0 Å². The van der Waals surface area contributed by atoms with Gasteiger partial charge in [0.2, 0.25) is 0 Å². The number of methoxy groups -OCH3 is 1. The fourth-order valence-corrected chi connectivity index (χ4v) is 4.89. The molecule has 174 valence electrons. The van der Waals surface area contributed by atoms with Crippen molar-refractivity contribution in [3.8, 4) is 5.75 Å². The van der Waals surface area contributed by atoms with E-state index in [2.05, 4.69) is 27.2 Å². The number of rotatable bonds is 7. The zero-order chi connectivity index (χ0) is 22.5. The molecule has 0 amide bonds. The molecule has 0 spiro atoms. The van der Waals surface area contributed by atoms with Crippen LogP contribution in [0.3, 0.4) is 0 Å². The lowest BCUT2D eigenvalue weighted by molar-refractivity contribution is -0.125. The highest BCUT2D eigenvalue weighted by Gasteiger charge is 2.34. The second-order valence-corrected chi connectivity index (χ2v) is 8.88. The van der Waals surface area contributed by atoms with Crippen molar-refractivity contribution in [3.63, 3.8) is 0 Å². The Labute approximate surface area is 190 Å². The van der Waals surface area contributed by atoms with E-state index < -0.39 is 0 Å². The quantitative estimate of drug-likeness (QED) is 0.685. The summed E-state index contributed by atoms with van der Waals surface area (Å²) in [5, 5.41) is 3.37. The third-order valence-electron chi connectivity index (χ3n) is 6.66. The summed E-state index contributed by atoms with van der Waals surface area (Å²) in [6.07, 6.45) is 4.82. The summed E-state index contributed by atoms with van der Waals surface area (Å²) in [7, 11) is 1.70. The first-order valence-electron chi connectivity index (χ1n) is 11.8. The number of ether oxygens (including phenoxy) is 1. The first-order chi connectivity index (χ1) is 15.6. The Balaban J connectivity index is 1.59. The summed E-state index contributed by atoms with van der Waals surface area (Å²) in [6, 6.07) is 9.64. The van der Waals surface area contributed by atoms with Crippen LogP contribution in [0.1, 0.15) is 48.9 Å². The monoisotopic (exact) mass is 440 g/mol. The maximum absolute atomic E-state index is 13.2. The molecular formula is C25H36N4O3. The van der Waals surface area contributed by atoms with Crippen LogP contribution < -0.4 is 20.7 Å². The number of aryl methyl sites for hydroxylation is 1. The van der Waals surface area contributed by atoms with Gasteiger partial charge in [-0.05, 0) is 38.0 Å². The molecule has 2 atom stereocenters. The van der Waals surface area contributed by atoms with Gasteiger partial charge >= 0.3 is 0 Å². The molecule has 2 saturated heterocycles. The molecule has 0 radical (unpaired) electrons. The van der Waals surface area contributed by atoms with Gasteiger partial charge in [0.25, 0.3) is 0 Å². The minimum atomic E-state index is -0.367. The fraction of sp³-hybridized carbons (Fsp3) is 0.560. The van der Waals surface area contributed by atoms with Crippen LogP contribution in [0.25, 0.3) is 0 Å². The average Bonchev–Trinajstić information content (AvgIpc) is 3.05. The van der Waals surface area contributed by atoms with Gasteiger partial charge in [-0.2, -0.15) is 0 Å². The molecule has 7 nitrogen and oxygen atoms in total. The van der Waals surface area contributed by atoms with Gasteiger partial charge < -0.3 is 25.1 Å². The van der Waals surface area contributed by atoms with Crippen molar-refractivity contribution in [2.24, 2.45) is 5.73 Å².